The third kappa shape index (κ3) is 5.66. The highest BCUT2D eigenvalue weighted by Crippen LogP contribution is 2.19. The number of esters is 1. The molecule has 0 bridgehead atoms. The van der Waals surface area contributed by atoms with Crippen molar-refractivity contribution in [3.05, 3.63) is 66.2 Å². The molecule has 3 aromatic rings. The molecule has 0 saturated carbocycles. The smallest absolute Gasteiger partial charge is 0.339 e. The third-order valence-corrected chi connectivity index (χ3v) is 5.50. The van der Waals surface area contributed by atoms with Gasteiger partial charge in [-0.25, -0.2) is 13.2 Å². The average Bonchev–Trinajstić information content (AvgIpc) is 3.16. The summed E-state index contributed by atoms with van der Waals surface area (Å²) in [6.45, 7) is 3.34. The summed E-state index contributed by atoms with van der Waals surface area (Å²) in [6.07, 6.45) is 2.15. The van der Waals surface area contributed by atoms with Crippen molar-refractivity contribution in [2.24, 2.45) is 0 Å². The predicted molar refractivity (Wildman–Crippen MR) is 111 cm³/mol. The van der Waals surface area contributed by atoms with Crippen LogP contribution in [0.3, 0.4) is 0 Å². The van der Waals surface area contributed by atoms with Gasteiger partial charge in [-0.1, -0.05) is 12.1 Å². The summed E-state index contributed by atoms with van der Waals surface area (Å²) in [5.74, 6) is -0.640. The summed E-state index contributed by atoms with van der Waals surface area (Å²) in [7, 11) is -3.87. The summed E-state index contributed by atoms with van der Waals surface area (Å²) in [5.41, 5.74) is 0.630. The Hall–Kier alpha value is -3.73. The second-order valence-electron chi connectivity index (χ2n) is 6.48. The van der Waals surface area contributed by atoms with E-state index >= 15 is 0 Å². The highest BCUT2D eigenvalue weighted by atomic mass is 32.2. The minimum atomic E-state index is -3.87. The molecular weight excluding hydrogens is 424 g/mol. The predicted octanol–water partition coefficient (Wildman–Crippen LogP) is 2.75. The van der Waals surface area contributed by atoms with Crippen LogP contribution in [-0.2, 0) is 19.6 Å². The zero-order valence-corrected chi connectivity index (χ0v) is 17.5. The Labute approximate surface area is 178 Å². The number of hydrogen-bond donors (Lipinski definition) is 2. The van der Waals surface area contributed by atoms with Crippen molar-refractivity contribution in [3.63, 3.8) is 0 Å². The van der Waals surface area contributed by atoms with Gasteiger partial charge in [-0.15, -0.1) is 0 Å². The fourth-order valence-corrected chi connectivity index (χ4v) is 3.54. The lowest BCUT2D eigenvalue weighted by Crippen LogP contribution is -2.32. The number of amides is 1. The van der Waals surface area contributed by atoms with Gasteiger partial charge in [0, 0.05) is 24.1 Å². The van der Waals surface area contributed by atoms with Gasteiger partial charge in [-0.2, -0.15) is 0 Å². The third-order valence-electron chi connectivity index (χ3n) is 4.13. The first-order valence-electron chi connectivity index (χ1n) is 9.26. The van der Waals surface area contributed by atoms with Crippen molar-refractivity contribution in [1.82, 2.24) is 10.1 Å². The Morgan fingerprint density at radius 3 is 2.39 bits per heavy atom. The fraction of sp³-hybridized carbons (Fsp3) is 0.200. The number of hydrogen-bond acceptors (Lipinski definition) is 8. The molecule has 0 spiro atoms. The lowest BCUT2D eigenvalue weighted by Gasteiger charge is -2.16. The molecule has 1 amide bonds. The van der Waals surface area contributed by atoms with Crippen LogP contribution < -0.4 is 10.0 Å². The van der Waals surface area contributed by atoms with Gasteiger partial charge >= 0.3 is 5.97 Å². The van der Waals surface area contributed by atoms with Crippen molar-refractivity contribution in [2.75, 3.05) is 10.0 Å². The quantitative estimate of drug-likeness (QED) is 0.505. The topological polar surface area (TPSA) is 140 Å². The van der Waals surface area contributed by atoms with Crippen LogP contribution in [0.5, 0.6) is 0 Å². The van der Waals surface area contributed by atoms with Gasteiger partial charge in [0.15, 0.2) is 11.9 Å². The fourth-order valence-electron chi connectivity index (χ4n) is 2.56. The minimum Gasteiger partial charge on any atom is -0.449 e. The number of aromatic nitrogens is 2. The van der Waals surface area contributed by atoms with Crippen LogP contribution in [0, 0.1) is 6.92 Å². The summed E-state index contributed by atoms with van der Waals surface area (Å²) < 4.78 is 37.2. The summed E-state index contributed by atoms with van der Waals surface area (Å²) in [4.78, 5) is 28.4. The molecule has 10 nitrogen and oxygen atoms in total. The number of nitrogens with one attached hydrogen (secondary N) is 2. The van der Waals surface area contributed by atoms with Crippen LogP contribution in [-0.4, -0.2) is 36.5 Å². The highest BCUT2D eigenvalue weighted by Gasteiger charge is 2.22. The number of benzene rings is 1. The molecule has 2 N–H and O–H groups in total. The molecule has 0 fully saturated rings. The Balaban J connectivity index is 1.64. The molecule has 162 valence electrons. The SMILES string of the molecule is CCC(OC(=O)c1ccncc1)C(=O)Nc1ccc(S(=O)(=O)Nc2cc(C)on2)cc1. The molecular formula is C20H20N4O6S. The summed E-state index contributed by atoms with van der Waals surface area (Å²) in [5, 5.41) is 6.20. The maximum atomic E-state index is 12.5. The van der Waals surface area contributed by atoms with E-state index in [0.29, 0.717) is 11.4 Å². The van der Waals surface area contributed by atoms with Crippen LogP contribution in [0.4, 0.5) is 11.5 Å². The highest BCUT2D eigenvalue weighted by molar-refractivity contribution is 7.92. The molecule has 11 heteroatoms. The van der Waals surface area contributed by atoms with Crippen LogP contribution in [0.2, 0.25) is 0 Å². The second-order valence-corrected chi connectivity index (χ2v) is 8.16. The van der Waals surface area contributed by atoms with Gasteiger partial charge in [0.1, 0.15) is 5.76 Å². The Morgan fingerprint density at radius 1 is 1.13 bits per heavy atom. The van der Waals surface area contributed by atoms with Crippen LogP contribution in [0.15, 0.2) is 64.3 Å². The first-order valence-corrected chi connectivity index (χ1v) is 10.7. The molecule has 1 atom stereocenters. The molecule has 3 rings (SSSR count). The number of carbonyl (C=O) groups excluding carboxylic acids is 2. The second kappa shape index (κ2) is 9.39. The summed E-state index contributed by atoms with van der Waals surface area (Å²) >= 11 is 0. The van der Waals surface area contributed by atoms with E-state index in [0.717, 1.165) is 0 Å². The van der Waals surface area contributed by atoms with Crippen molar-refractivity contribution in [3.8, 4) is 0 Å². The number of aryl methyl sites for hydroxylation is 1. The number of anilines is 2. The molecule has 2 heterocycles. The van der Waals surface area contributed by atoms with Crippen LogP contribution in [0.25, 0.3) is 0 Å². The van der Waals surface area contributed by atoms with E-state index in [-0.39, 0.29) is 22.7 Å². The van der Waals surface area contributed by atoms with E-state index in [9.17, 15) is 18.0 Å². The van der Waals surface area contributed by atoms with Crippen molar-refractivity contribution in [1.29, 1.82) is 0 Å². The molecule has 2 aromatic heterocycles. The first-order chi connectivity index (χ1) is 14.8. The minimum absolute atomic E-state index is 0.0256. The van der Waals surface area contributed by atoms with Gasteiger partial charge in [0.25, 0.3) is 15.9 Å². The van der Waals surface area contributed by atoms with E-state index < -0.39 is 28.0 Å². The van der Waals surface area contributed by atoms with Gasteiger partial charge in [-0.05, 0) is 49.7 Å². The van der Waals surface area contributed by atoms with Crippen LogP contribution >= 0.6 is 0 Å². The molecule has 1 unspecified atom stereocenters. The number of carbonyl (C=O) groups is 2. The van der Waals surface area contributed by atoms with Gasteiger partial charge < -0.3 is 14.6 Å². The van der Waals surface area contributed by atoms with Gasteiger partial charge in [-0.3, -0.25) is 14.5 Å². The number of nitrogens with zero attached hydrogens (tertiary/aromatic N) is 2. The molecule has 31 heavy (non-hydrogen) atoms. The normalized spacial score (nSPS) is 12.1. The average molecular weight is 444 g/mol. The van der Waals surface area contributed by atoms with E-state index in [1.165, 1.54) is 54.9 Å². The van der Waals surface area contributed by atoms with Gasteiger partial charge in [0.2, 0.25) is 0 Å². The maximum absolute atomic E-state index is 12.5. The maximum Gasteiger partial charge on any atom is 0.339 e. The Bertz CT molecular complexity index is 1160. The Kier molecular flexibility index (Phi) is 6.65. The number of rotatable bonds is 8. The standard InChI is InChI=1S/C20H20N4O6S/c1-3-17(29-20(26)14-8-10-21-11-9-14)19(25)22-15-4-6-16(7-5-15)31(27,28)24-18-12-13(2)30-23-18/h4-12,17H,3H2,1-2H3,(H,22,25)(H,23,24). The van der Waals surface area contributed by atoms with E-state index in [1.54, 1.807) is 13.8 Å². The lowest BCUT2D eigenvalue weighted by molar-refractivity contribution is -0.124. The summed E-state index contributed by atoms with van der Waals surface area (Å²) in [6, 6.07) is 9.94. The van der Waals surface area contributed by atoms with Gasteiger partial charge in [0.05, 0.1) is 10.5 Å². The van der Waals surface area contributed by atoms with E-state index in [1.807, 2.05) is 0 Å². The number of ether oxygens (including phenoxy) is 1. The largest absolute Gasteiger partial charge is 0.449 e. The van der Waals surface area contributed by atoms with Crippen molar-refractivity contribution < 1.29 is 27.3 Å². The molecule has 1 aromatic carbocycles. The van der Waals surface area contributed by atoms with Crippen molar-refractivity contribution >= 4 is 33.4 Å². The molecule has 0 saturated heterocycles. The van der Waals surface area contributed by atoms with Crippen LogP contribution in [0.1, 0.15) is 29.5 Å². The molecule has 0 aliphatic heterocycles. The molecule has 0 radical (unpaired) electrons. The molecule has 0 aliphatic rings. The van der Waals surface area contributed by atoms with E-state index in [4.69, 9.17) is 9.26 Å². The Morgan fingerprint density at radius 2 is 1.81 bits per heavy atom. The van der Waals surface area contributed by atoms with E-state index in [2.05, 4.69) is 20.2 Å². The monoisotopic (exact) mass is 444 g/mol. The zero-order chi connectivity index (χ0) is 22.4. The number of pyridine rings is 1. The molecule has 0 aliphatic carbocycles. The lowest BCUT2D eigenvalue weighted by atomic mass is 10.2. The zero-order valence-electron chi connectivity index (χ0n) is 16.7. The first kappa shape index (κ1) is 22.0. The van der Waals surface area contributed by atoms with Crippen molar-refractivity contribution in [2.45, 2.75) is 31.3 Å². The number of sulfonamides is 1.